The van der Waals surface area contributed by atoms with Crippen molar-refractivity contribution in [1.82, 2.24) is 10.2 Å². The van der Waals surface area contributed by atoms with E-state index in [-0.39, 0.29) is 6.03 Å². The molecule has 0 rings (SSSR count). The van der Waals surface area contributed by atoms with Crippen molar-refractivity contribution < 1.29 is 14.6 Å². The van der Waals surface area contributed by atoms with E-state index in [4.69, 9.17) is 4.74 Å². The largest absolute Gasteiger partial charge is 0.391 e. The van der Waals surface area contributed by atoms with E-state index in [0.29, 0.717) is 19.6 Å². The molecule has 0 aromatic carbocycles. The molecule has 5 nitrogen and oxygen atoms in total. The summed E-state index contributed by atoms with van der Waals surface area (Å²) < 4.78 is 4.74. The minimum absolute atomic E-state index is 0.149. The average Bonchev–Trinajstić information content (AvgIpc) is 2.04. The number of hydrogen-bond donors (Lipinski definition) is 2. The second-order valence-corrected chi connectivity index (χ2v) is 3.02. The minimum Gasteiger partial charge on any atom is -0.391 e. The molecule has 0 aliphatic rings. The number of ether oxygens (including phenoxy) is 1. The number of methoxy groups -OCH3 is 1. The van der Waals surface area contributed by atoms with Crippen LogP contribution in [-0.4, -0.2) is 56.5 Å². The summed E-state index contributed by atoms with van der Waals surface area (Å²) in [4.78, 5) is 12.4. The molecule has 0 fully saturated rings. The van der Waals surface area contributed by atoms with Crippen LogP contribution in [0.3, 0.4) is 0 Å². The topological polar surface area (TPSA) is 61.8 Å². The summed E-state index contributed by atoms with van der Waals surface area (Å²) >= 11 is 0. The van der Waals surface area contributed by atoms with Gasteiger partial charge in [-0.25, -0.2) is 4.79 Å². The summed E-state index contributed by atoms with van der Waals surface area (Å²) in [7, 11) is 4.86. The summed E-state index contributed by atoms with van der Waals surface area (Å²) in [5.74, 6) is 0. The zero-order chi connectivity index (χ0) is 10.3. The van der Waals surface area contributed by atoms with E-state index in [1.165, 1.54) is 12.0 Å². The van der Waals surface area contributed by atoms with Crippen LogP contribution < -0.4 is 5.32 Å². The van der Waals surface area contributed by atoms with Gasteiger partial charge in [-0.1, -0.05) is 0 Å². The van der Waals surface area contributed by atoms with Crippen LogP contribution in [0.5, 0.6) is 0 Å². The summed E-state index contributed by atoms with van der Waals surface area (Å²) in [6, 6.07) is -0.149. The van der Waals surface area contributed by atoms with Crippen LogP contribution in [0.2, 0.25) is 0 Å². The second kappa shape index (κ2) is 6.68. The Kier molecular flexibility index (Phi) is 6.26. The summed E-state index contributed by atoms with van der Waals surface area (Å²) in [5.41, 5.74) is 0. The van der Waals surface area contributed by atoms with E-state index in [1.807, 2.05) is 0 Å². The minimum atomic E-state index is -0.507. The van der Waals surface area contributed by atoms with Gasteiger partial charge in [-0.05, 0) is 6.42 Å². The van der Waals surface area contributed by atoms with E-state index in [0.717, 1.165) is 0 Å². The van der Waals surface area contributed by atoms with Crippen molar-refractivity contribution in [3.05, 3.63) is 0 Å². The fraction of sp³-hybridized carbons (Fsp3) is 0.875. The van der Waals surface area contributed by atoms with Gasteiger partial charge in [-0.2, -0.15) is 0 Å². The first-order chi connectivity index (χ1) is 6.07. The predicted molar refractivity (Wildman–Crippen MR) is 49.6 cm³/mol. The number of carbonyl (C=O) groups excluding carboxylic acids is 1. The lowest BCUT2D eigenvalue weighted by Gasteiger charge is -2.13. The number of aliphatic hydroxyl groups is 1. The van der Waals surface area contributed by atoms with E-state index in [1.54, 1.807) is 14.1 Å². The third-order valence-electron chi connectivity index (χ3n) is 1.52. The van der Waals surface area contributed by atoms with Gasteiger partial charge in [0.05, 0.1) is 12.7 Å². The van der Waals surface area contributed by atoms with Crippen molar-refractivity contribution in [2.75, 3.05) is 34.4 Å². The maximum Gasteiger partial charge on any atom is 0.316 e. The molecule has 0 heterocycles. The molecule has 0 aliphatic carbocycles. The lowest BCUT2D eigenvalue weighted by atomic mass is 10.3. The van der Waals surface area contributed by atoms with Crippen molar-refractivity contribution in [2.24, 2.45) is 0 Å². The van der Waals surface area contributed by atoms with E-state index in [2.05, 4.69) is 5.32 Å². The third-order valence-corrected chi connectivity index (χ3v) is 1.52. The van der Waals surface area contributed by atoms with Crippen molar-refractivity contribution in [1.29, 1.82) is 0 Å². The molecule has 13 heavy (non-hydrogen) atoms. The number of hydrogen-bond acceptors (Lipinski definition) is 3. The van der Waals surface area contributed by atoms with E-state index < -0.39 is 6.10 Å². The Labute approximate surface area is 78.7 Å². The number of nitrogens with one attached hydrogen (secondary N) is 1. The molecule has 1 unspecified atom stereocenters. The van der Waals surface area contributed by atoms with Crippen LogP contribution in [-0.2, 0) is 4.74 Å². The molecule has 2 N–H and O–H groups in total. The summed E-state index contributed by atoms with van der Waals surface area (Å²) in [6.45, 7) is 0.763. The van der Waals surface area contributed by atoms with Crippen LogP contribution in [0.25, 0.3) is 0 Å². The maximum atomic E-state index is 11.0. The fourth-order valence-electron chi connectivity index (χ4n) is 0.780. The van der Waals surface area contributed by atoms with Crippen molar-refractivity contribution in [3.63, 3.8) is 0 Å². The third kappa shape index (κ3) is 6.36. The molecular formula is C8H18N2O3. The van der Waals surface area contributed by atoms with Crippen molar-refractivity contribution >= 4 is 6.03 Å². The molecular weight excluding hydrogens is 172 g/mol. The van der Waals surface area contributed by atoms with Crippen LogP contribution in [0.15, 0.2) is 0 Å². The van der Waals surface area contributed by atoms with Crippen LogP contribution in [0.1, 0.15) is 6.42 Å². The normalized spacial score (nSPS) is 12.3. The van der Waals surface area contributed by atoms with Gasteiger partial charge >= 0.3 is 6.03 Å². The van der Waals surface area contributed by atoms with Gasteiger partial charge in [-0.15, -0.1) is 0 Å². The van der Waals surface area contributed by atoms with Crippen LogP contribution in [0, 0.1) is 0 Å². The molecule has 5 heteroatoms. The average molecular weight is 190 g/mol. The van der Waals surface area contributed by atoms with Gasteiger partial charge in [0, 0.05) is 27.7 Å². The Morgan fingerprint density at radius 3 is 2.69 bits per heavy atom. The molecule has 0 aromatic rings. The number of rotatable bonds is 5. The highest BCUT2D eigenvalue weighted by molar-refractivity contribution is 5.73. The van der Waals surface area contributed by atoms with E-state index >= 15 is 0 Å². The van der Waals surface area contributed by atoms with Gasteiger partial charge in [0.2, 0.25) is 0 Å². The van der Waals surface area contributed by atoms with Crippen LogP contribution in [0.4, 0.5) is 4.79 Å². The highest BCUT2D eigenvalue weighted by Crippen LogP contribution is 1.90. The molecule has 0 saturated carbocycles. The molecule has 2 amide bonds. The fourth-order valence-corrected chi connectivity index (χ4v) is 0.780. The summed E-state index contributed by atoms with van der Waals surface area (Å²) in [5, 5.41) is 11.9. The molecule has 0 bridgehead atoms. The Hall–Kier alpha value is -0.810. The van der Waals surface area contributed by atoms with Gasteiger partial charge < -0.3 is 20.1 Å². The quantitative estimate of drug-likeness (QED) is 0.623. The molecule has 78 valence electrons. The number of carbonyl (C=O) groups is 1. The van der Waals surface area contributed by atoms with Crippen molar-refractivity contribution in [2.45, 2.75) is 12.5 Å². The Morgan fingerprint density at radius 1 is 1.62 bits per heavy atom. The van der Waals surface area contributed by atoms with Gasteiger partial charge in [0.15, 0.2) is 0 Å². The first kappa shape index (κ1) is 12.2. The standard InChI is InChI=1S/C8H18N2O3/c1-10(2)8(12)9-5-4-7(11)6-13-3/h7,11H,4-6H2,1-3H3,(H,9,12). The molecule has 0 radical (unpaired) electrons. The second-order valence-electron chi connectivity index (χ2n) is 3.02. The number of amides is 2. The predicted octanol–water partition coefficient (Wildman–Crippen LogP) is -0.345. The van der Waals surface area contributed by atoms with Gasteiger partial charge in [0.1, 0.15) is 0 Å². The number of aliphatic hydroxyl groups excluding tert-OH is 1. The lowest BCUT2D eigenvalue weighted by Crippen LogP contribution is -2.36. The van der Waals surface area contributed by atoms with Gasteiger partial charge in [0.25, 0.3) is 0 Å². The smallest absolute Gasteiger partial charge is 0.316 e. The number of nitrogens with zero attached hydrogens (tertiary/aromatic N) is 1. The Balaban J connectivity index is 3.39. The maximum absolute atomic E-state index is 11.0. The molecule has 0 saturated heterocycles. The zero-order valence-corrected chi connectivity index (χ0v) is 8.41. The molecule has 1 atom stereocenters. The molecule has 0 aliphatic heterocycles. The zero-order valence-electron chi connectivity index (χ0n) is 8.41. The Morgan fingerprint density at radius 2 is 2.23 bits per heavy atom. The number of urea groups is 1. The first-order valence-corrected chi connectivity index (χ1v) is 4.20. The van der Waals surface area contributed by atoms with Crippen LogP contribution >= 0.6 is 0 Å². The molecule has 0 aromatic heterocycles. The lowest BCUT2D eigenvalue weighted by molar-refractivity contribution is 0.0597. The summed E-state index contributed by atoms with van der Waals surface area (Å²) in [6.07, 6.45) is 0.000382. The molecule has 0 spiro atoms. The van der Waals surface area contributed by atoms with E-state index in [9.17, 15) is 9.90 Å². The SMILES string of the molecule is COCC(O)CCNC(=O)N(C)C. The van der Waals surface area contributed by atoms with Crippen molar-refractivity contribution in [3.8, 4) is 0 Å². The monoisotopic (exact) mass is 190 g/mol. The highest BCUT2D eigenvalue weighted by atomic mass is 16.5. The highest BCUT2D eigenvalue weighted by Gasteiger charge is 2.05. The Bertz CT molecular complexity index is 150. The first-order valence-electron chi connectivity index (χ1n) is 4.20. The van der Waals surface area contributed by atoms with Gasteiger partial charge in [-0.3, -0.25) is 0 Å².